The van der Waals surface area contributed by atoms with Crippen LogP contribution in [0.25, 0.3) is 0 Å². The lowest BCUT2D eigenvalue weighted by atomic mass is 10.1. The minimum absolute atomic E-state index is 0.0700. The monoisotopic (exact) mass is 353 g/mol. The molecule has 0 saturated heterocycles. The number of benzene rings is 1. The maximum atomic E-state index is 12.1. The Morgan fingerprint density at radius 1 is 1.20 bits per heavy atom. The molecular formula is C17H18F3N3O2. The van der Waals surface area contributed by atoms with E-state index < -0.39 is 12.8 Å². The number of hydrogen-bond acceptors (Lipinski definition) is 4. The molecule has 8 heteroatoms. The van der Waals surface area contributed by atoms with Crippen molar-refractivity contribution < 1.29 is 22.7 Å². The fourth-order valence-electron chi connectivity index (χ4n) is 1.96. The van der Waals surface area contributed by atoms with E-state index in [1.807, 2.05) is 13.8 Å². The third-order valence-corrected chi connectivity index (χ3v) is 3.15. The van der Waals surface area contributed by atoms with Gasteiger partial charge in [0, 0.05) is 12.1 Å². The van der Waals surface area contributed by atoms with Gasteiger partial charge in [0.15, 0.2) is 6.61 Å². The lowest BCUT2D eigenvalue weighted by Crippen LogP contribution is -2.19. The molecule has 0 unspecified atom stereocenters. The molecular weight excluding hydrogens is 335 g/mol. The molecule has 1 N–H and O–H groups in total. The van der Waals surface area contributed by atoms with Crippen LogP contribution in [0, 0.1) is 0 Å². The number of ether oxygens (including phenoxy) is 1. The molecule has 2 aromatic rings. The zero-order valence-electron chi connectivity index (χ0n) is 13.8. The van der Waals surface area contributed by atoms with Gasteiger partial charge in [-0.1, -0.05) is 26.0 Å². The first-order chi connectivity index (χ1) is 11.7. The predicted molar refractivity (Wildman–Crippen MR) is 86.4 cm³/mol. The fourth-order valence-corrected chi connectivity index (χ4v) is 1.96. The molecule has 0 atom stereocenters. The highest BCUT2D eigenvalue weighted by Gasteiger charge is 2.28. The summed E-state index contributed by atoms with van der Waals surface area (Å²) in [7, 11) is 0. The summed E-state index contributed by atoms with van der Waals surface area (Å²) in [6, 6.07) is 7.49. The smallest absolute Gasteiger partial charge is 0.422 e. The van der Waals surface area contributed by atoms with Crippen LogP contribution >= 0.6 is 0 Å². The summed E-state index contributed by atoms with van der Waals surface area (Å²) in [5.74, 6) is 0.995. The summed E-state index contributed by atoms with van der Waals surface area (Å²) in [4.78, 5) is 20.4. The second kappa shape index (κ2) is 7.96. The van der Waals surface area contributed by atoms with Crippen molar-refractivity contribution in [3.05, 3.63) is 47.9 Å². The van der Waals surface area contributed by atoms with Crippen molar-refractivity contribution in [2.75, 3.05) is 11.9 Å². The first-order valence-corrected chi connectivity index (χ1v) is 7.64. The Bertz CT molecular complexity index is 716. The standard InChI is InChI=1S/C17H18F3N3O2/c1-11(2)16-21-8-7-14(23-16)22-15(24)9-12-3-5-13(6-4-12)25-10-17(18,19)20/h3-8,11H,9-10H2,1-2H3,(H,21,22,23,24). The predicted octanol–water partition coefficient (Wildman–Crippen LogP) is 3.72. The van der Waals surface area contributed by atoms with Gasteiger partial charge in [-0.3, -0.25) is 4.79 Å². The van der Waals surface area contributed by atoms with E-state index in [4.69, 9.17) is 0 Å². The third kappa shape index (κ3) is 6.40. The fraction of sp³-hybridized carbons (Fsp3) is 0.353. The second-order valence-electron chi connectivity index (χ2n) is 5.73. The van der Waals surface area contributed by atoms with Crippen molar-refractivity contribution in [2.24, 2.45) is 0 Å². The summed E-state index contributed by atoms with van der Waals surface area (Å²) >= 11 is 0. The topological polar surface area (TPSA) is 64.1 Å². The molecule has 0 radical (unpaired) electrons. The second-order valence-corrected chi connectivity index (χ2v) is 5.73. The number of carbonyl (C=O) groups excluding carboxylic acids is 1. The van der Waals surface area contributed by atoms with Crippen LogP contribution in [-0.4, -0.2) is 28.7 Å². The zero-order chi connectivity index (χ0) is 18.4. The van der Waals surface area contributed by atoms with E-state index in [1.165, 1.54) is 12.1 Å². The van der Waals surface area contributed by atoms with Crippen LogP contribution in [0.4, 0.5) is 19.0 Å². The first-order valence-electron chi connectivity index (χ1n) is 7.64. The SMILES string of the molecule is CC(C)c1nccc(NC(=O)Cc2ccc(OCC(F)(F)F)cc2)n1. The van der Waals surface area contributed by atoms with Gasteiger partial charge in [-0.05, 0) is 23.8 Å². The molecule has 0 saturated carbocycles. The first kappa shape index (κ1) is 18.7. The van der Waals surface area contributed by atoms with Gasteiger partial charge in [0.05, 0.1) is 6.42 Å². The summed E-state index contributed by atoms with van der Waals surface area (Å²) in [6.45, 7) is 2.55. The van der Waals surface area contributed by atoms with Gasteiger partial charge >= 0.3 is 6.18 Å². The van der Waals surface area contributed by atoms with E-state index in [2.05, 4.69) is 20.0 Å². The van der Waals surface area contributed by atoms with Gasteiger partial charge in [-0.15, -0.1) is 0 Å². The number of nitrogens with zero attached hydrogens (tertiary/aromatic N) is 2. The molecule has 1 aromatic carbocycles. The van der Waals surface area contributed by atoms with Crippen molar-refractivity contribution in [3.63, 3.8) is 0 Å². The minimum Gasteiger partial charge on any atom is -0.484 e. The van der Waals surface area contributed by atoms with Crippen molar-refractivity contribution in [1.29, 1.82) is 0 Å². The van der Waals surface area contributed by atoms with Crippen LogP contribution in [-0.2, 0) is 11.2 Å². The zero-order valence-corrected chi connectivity index (χ0v) is 13.8. The third-order valence-electron chi connectivity index (χ3n) is 3.15. The Hall–Kier alpha value is -2.64. The average Bonchev–Trinajstić information content (AvgIpc) is 2.53. The molecule has 1 amide bonds. The number of carbonyl (C=O) groups is 1. The van der Waals surface area contributed by atoms with E-state index in [9.17, 15) is 18.0 Å². The van der Waals surface area contributed by atoms with E-state index in [1.54, 1.807) is 24.4 Å². The summed E-state index contributed by atoms with van der Waals surface area (Å²) in [5.41, 5.74) is 0.648. The number of nitrogens with one attached hydrogen (secondary N) is 1. The van der Waals surface area contributed by atoms with E-state index in [-0.39, 0.29) is 24.0 Å². The van der Waals surface area contributed by atoms with Crippen LogP contribution in [0.15, 0.2) is 36.5 Å². The highest BCUT2D eigenvalue weighted by molar-refractivity contribution is 5.91. The van der Waals surface area contributed by atoms with Crippen LogP contribution < -0.4 is 10.1 Å². The van der Waals surface area contributed by atoms with Crippen LogP contribution in [0.3, 0.4) is 0 Å². The molecule has 0 bridgehead atoms. The quantitative estimate of drug-likeness (QED) is 0.860. The average molecular weight is 353 g/mol. The minimum atomic E-state index is -4.38. The number of rotatable bonds is 6. The van der Waals surface area contributed by atoms with Crippen molar-refractivity contribution >= 4 is 11.7 Å². The Kier molecular flexibility index (Phi) is 5.95. The van der Waals surface area contributed by atoms with Gasteiger partial charge < -0.3 is 10.1 Å². The number of amides is 1. The van der Waals surface area contributed by atoms with Gasteiger partial charge in [0.2, 0.25) is 5.91 Å². The number of anilines is 1. The molecule has 25 heavy (non-hydrogen) atoms. The maximum Gasteiger partial charge on any atom is 0.422 e. The van der Waals surface area contributed by atoms with Gasteiger partial charge in [0.1, 0.15) is 17.4 Å². The van der Waals surface area contributed by atoms with E-state index >= 15 is 0 Å². The summed E-state index contributed by atoms with van der Waals surface area (Å²) in [6.07, 6.45) is -2.74. The van der Waals surface area contributed by atoms with Crippen molar-refractivity contribution in [3.8, 4) is 5.75 Å². The highest BCUT2D eigenvalue weighted by Crippen LogP contribution is 2.19. The Balaban J connectivity index is 1.91. The number of halogens is 3. The number of alkyl halides is 3. The molecule has 1 aromatic heterocycles. The Morgan fingerprint density at radius 3 is 2.48 bits per heavy atom. The molecule has 134 valence electrons. The number of aromatic nitrogens is 2. The molecule has 5 nitrogen and oxygen atoms in total. The normalized spacial score (nSPS) is 11.4. The molecule has 0 aliphatic carbocycles. The van der Waals surface area contributed by atoms with E-state index in [0.29, 0.717) is 17.2 Å². The molecule has 0 spiro atoms. The molecule has 2 rings (SSSR count). The van der Waals surface area contributed by atoms with Gasteiger partial charge in [-0.25, -0.2) is 9.97 Å². The lowest BCUT2D eigenvalue weighted by molar-refractivity contribution is -0.153. The highest BCUT2D eigenvalue weighted by atomic mass is 19.4. The molecule has 1 heterocycles. The molecule has 0 aliphatic heterocycles. The van der Waals surface area contributed by atoms with E-state index in [0.717, 1.165) is 0 Å². The van der Waals surface area contributed by atoms with Crippen molar-refractivity contribution in [2.45, 2.75) is 32.4 Å². The number of hydrogen-bond donors (Lipinski definition) is 1. The van der Waals surface area contributed by atoms with Crippen LogP contribution in [0.1, 0.15) is 31.2 Å². The largest absolute Gasteiger partial charge is 0.484 e. The Morgan fingerprint density at radius 2 is 1.88 bits per heavy atom. The molecule has 0 aliphatic rings. The summed E-state index contributed by atoms with van der Waals surface area (Å²) < 4.78 is 40.9. The van der Waals surface area contributed by atoms with Crippen LogP contribution in [0.2, 0.25) is 0 Å². The summed E-state index contributed by atoms with van der Waals surface area (Å²) in [5, 5.41) is 2.68. The van der Waals surface area contributed by atoms with Crippen LogP contribution in [0.5, 0.6) is 5.75 Å². The Labute approximate surface area is 143 Å². The van der Waals surface area contributed by atoms with Crippen molar-refractivity contribution in [1.82, 2.24) is 9.97 Å². The maximum absolute atomic E-state index is 12.1. The van der Waals surface area contributed by atoms with Gasteiger partial charge in [0.25, 0.3) is 0 Å². The van der Waals surface area contributed by atoms with Gasteiger partial charge in [-0.2, -0.15) is 13.2 Å². The molecule has 0 fully saturated rings. The lowest BCUT2D eigenvalue weighted by Gasteiger charge is -2.10.